The normalized spacial score (nSPS) is 16.2. The minimum atomic E-state index is -0.763. The van der Waals surface area contributed by atoms with Crippen molar-refractivity contribution in [3.8, 4) is 17.2 Å². The van der Waals surface area contributed by atoms with Gasteiger partial charge in [-0.05, 0) is 61.7 Å². The molecule has 0 bridgehead atoms. The quantitative estimate of drug-likeness (QED) is 0.533. The number of ether oxygens (including phenoxy) is 2. The average Bonchev–Trinajstić information content (AvgIpc) is 3.45. The van der Waals surface area contributed by atoms with E-state index in [4.69, 9.17) is 13.9 Å². The average molecular weight is 410 g/mol. The molecular formula is C23H23FN2O4. The third-order valence-electron chi connectivity index (χ3n) is 5.65. The fraction of sp³-hybridized carbons (Fsp3) is 0.348. The number of halogens is 1. The van der Waals surface area contributed by atoms with E-state index in [1.807, 2.05) is 12.1 Å². The summed E-state index contributed by atoms with van der Waals surface area (Å²) in [6.45, 7) is 1.70. The number of methoxy groups -OCH3 is 1. The van der Waals surface area contributed by atoms with E-state index in [9.17, 15) is 9.18 Å². The monoisotopic (exact) mass is 410 g/mol. The Hall–Kier alpha value is -3.22. The zero-order valence-electron chi connectivity index (χ0n) is 16.9. The molecule has 1 fully saturated rings. The van der Waals surface area contributed by atoms with Crippen LogP contribution in [0, 0.1) is 5.82 Å². The van der Waals surface area contributed by atoms with Crippen molar-refractivity contribution in [3.63, 3.8) is 0 Å². The molecular weight excluding hydrogens is 387 g/mol. The predicted octanol–water partition coefficient (Wildman–Crippen LogP) is 5.00. The Morgan fingerprint density at radius 1 is 1.07 bits per heavy atom. The number of hydrogen-bond acceptors (Lipinski definition) is 6. The summed E-state index contributed by atoms with van der Waals surface area (Å²) < 4.78 is 30.0. The number of carbonyl (C=O) groups excluding carboxylic acids is 1. The molecule has 2 aromatic carbocycles. The maximum absolute atomic E-state index is 13.4. The van der Waals surface area contributed by atoms with E-state index < -0.39 is 11.5 Å². The molecule has 0 N–H and O–H groups in total. The van der Waals surface area contributed by atoms with Crippen LogP contribution in [-0.2, 0) is 14.9 Å². The van der Waals surface area contributed by atoms with E-state index in [2.05, 4.69) is 10.2 Å². The summed E-state index contributed by atoms with van der Waals surface area (Å²) in [6, 6.07) is 13.3. The van der Waals surface area contributed by atoms with Gasteiger partial charge in [-0.3, -0.25) is 4.79 Å². The third kappa shape index (κ3) is 3.79. The summed E-state index contributed by atoms with van der Waals surface area (Å²) in [5.74, 6) is 0.614. The molecule has 30 heavy (non-hydrogen) atoms. The summed E-state index contributed by atoms with van der Waals surface area (Å²) >= 11 is 0. The highest BCUT2D eigenvalue weighted by Crippen LogP contribution is 2.43. The van der Waals surface area contributed by atoms with Gasteiger partial charge in [0.05, 0.1) is 12.5 Å². The minimum absolute atomic E-state index is 0.224. The van der Waals surface area contributed by atoms with Crippen LogP contribution in [0.5, 0.6) is 5.75 Å². The van der Waals surface area contributed by atoms with E-state index in [0.717, 1.165) is 29.7 Å². The molecule has 4 rings (SSSR count). The van der Waals surface area contributed by atoms with Crippen LogP contribution in [0.25, 0.3) is 11.5 Å². The van der Waals surface area contributed by atoms with Crippen molar-refractivity contribution >= 4 is 5.97 Å². The van der Waals surface area contributed by atoms with Crippen LogP contribution in [0.3, 0.4) is 0 Å². The summed E-state index contributed by atoms with van der Waals surface area (Å²) in [5, 5.41) is 8.11. The summed E-state index contributed by atoms with van der Waals surface area (Å²) in [6.07, 6.45) is 2.48. The first kappa shape index (κ1) is 20.1. The lowest BCUT2D eigenvalue weighted by atomic mass is 9.79. The second-order valence-electron chi connectivity index (χ2n) is 7.52. The lowest BCUT2D eigenvalue weighted by Crippen LogP contribution is -2.35. The molecule has 1 aromatic heterocycles. The Morgan fingerprint density at radius 3 is 2.37 bits per heavy atom. The van der Waals surface area contributed by atoms with Gasteiger partial charge in [-0.2, -0.15) is 0 Å². The van der Waals surface area contributed by atoms with Crippen molar-refractivity contribution in [2.24, 2.45) is 0 Å². The van der Waals surface area contributed by atoms with Crippen molar-refractivity contribution in [1.82, 2.24) is 10.2 Å². The van der Waals surface area contributed by atoms with Gasteiger partial charge in [0, 0.05) is 5.56 Å². The Kier molecular flexibility index (Phi) is 5.53. The number of esters is 1. The number of carbonyl (C=O) groups is 1. The molecule has 1 atom stereocenters. The van der Waals surface area contributed by atoms with Crippen molar-refractivity contribution in [3.05, 3.63) is 65.8 Å². The van der Waals surface area contributed by atoms with Gasteiger partial charge in [-0.1, -0.05) is 25.0 Å². The Bertz CT molecular complexity index is 1010. The predicted molar refractivity (Wildman–Crippen MR) is 107 cm³/mol. The fourth-order valence-corrected chi connectivity index (χ4v) is 3.93. The van der Waals surface area contributed by atoms with Crippen molar-refractivity contribution in [1.29, 1.82) is 0 Å². The molecule has 1 saturated carbocycles. The number of aromatic nitrogens is 2. The molecule has 3 aromatic rings. The van der Waals surface area contributed by atoms with Gasteiger partial charge >= 0.3 is 5.97 Å². The van der Waals surface area contributed by atoms with Gasteiger partial charge in [0.2, 0.25) is 5.89 Å². The topological polar surface area (TPSA) is 74.5 Å². The first-order chi connectivity index (χ1) is 14.5. The maximum Gasteiger partial charge on any atom is 0.317 e. The van der Waals surface area contributed by atoms with Crippen LogP contribution in [-0.4, -0.2) is 23.3 Å². The highest BCUT2D eigenvalue weighted by molar-refractivity contribution is 5.83. The SMILES string of the molecule is COc1ccc(-c2nnc([C@@H](C)OC(=O)C3(c4ccc(F)cc4)CCCC3)o2)cc1. The first-order valence-corrected chi connectivity index (χ1v) is 9.97. The molecule has 6 nitrogen and oxygen atoms in total. The van der Waals surface area contributed by atoms with E-state index in [0.29, 0.717) is 18.7 Å². The van der Waals surface area contributed by atoms with Crippen LogP contribution >= 0.6 is 0 Å². The van der Waals surface area contributed by atoms with Gasteiger partial charge in [-0.15, -0.1) is 10.2 Å². The van der Waals surface area contributed by atoms with Crippen molar-refractivity contribution < 1.29 is 23.1 Å². The molecule has 7 heteroatoms. The maximum atomic E-state index is 13.4. The molecule has 1 heterocycles. The number of nitrogens with zero attached hydrogens (tertiary/aromatic N) is 2. The number of hydrogen-bond donors (Lipinski definition) is 0. The van der Waals surface area contributed by atoms with Gasteiger partial charge in [0.1, 0.15) is 11.6 Å². The third-order valence-corrected chi connectivity index (χ3v) is 5.65. The van der Waals surface area contributed by atoms with Gasteiger partial charge in [0.25, 0.3) is 5.89 Å². The fourth-order valence-electron chi connectivity index (χ4n) is 3.93. The molecule has 0 unspecified atom stereocenters. The standard InChI is InChI=1S/C23H23FN2O4/c1-15(20-25-26-21(30-20)16-5-11-19(28-2)12-6-16)29-22(27)23(13-3-4-14-23)17-7-9-18(24)10-8-17/h5-12,15H,3-4,13-14H2,1-2H3/t15-/m1/s1. The zero-order valence-corrected chi connectivity index (χ0v) is 16.9. The highest BCUT2D eigenvalue weighted by Gasteiger charge is 2.45. The molecule has 1 aliphatic rings. The summed E-state index contributed by atoms with van der Waals surface area (Å²) in [5.41, 5.74) is 0.760. The van der Waals surface area contributed by atoms with E-state index >= 15 is 0 Å². The smallest absolute Gasteiger partial charge is 0.317 e. The van der Waals surface area contributed by atoms with Crippen molar-refractivity contribution in [2.75, 3.05) is 7.11 Å². The molecule has 156 valence electrons. The van der Waals surface area contributed by atoms with Crippen LogP contribution < -0.4 is 4.74 Å². The van der Waals surface area contributed by atoms with E-state index in [-0.39, 0.29) is 17.7 Å². The van der Waals surface area contributed by atoms with Gasteiger partial charge < -0.3 is 13.9 Å². The molecule has 1 aliphatic carbocycles. The first-order valence-electron chi connectivity index (χ1n) is 9.97. The Labute approximate surface area is 174 Å². The summed E-state index contributed by atoms with van der Waals surface area (Å²) in [7, 11) is 1.60. The van der Waals surface area contributed by atoms with Crippen molar-refractivity contribution in [2.45, 2.75) is 44.1 Å². The molecule has 0 aliphatic heterocycles. The summed E-state index contributed by atoms with van der Waals surface area (Å²) in [4.78, 5) is 13.2. The van der Waals surface area contributed by atoms with Crippen LogP contribution in [0.2, 0.25) is 0 Å². The van der Waals surface area contributed by atoms with Crippen LogP contribution in [0.1, 0.15) is 50.2 Å². The largest absolute Gasteiger partial charge is 0.497 e. The van der Waals surface area contributed by atoms with Crippen LogP contribution in [0.4, 0.5) is 4.39 Å². The van der Waals surface area contributed by atoms with E-state index in [1.54, 1.807) is 38.3 Å². The Morgan fingerprint density at radius 2 is 1.73 bits per heavy atom. The second kappa shape index (κ2) is 8.26. The van der Waals surface area contributed by atoms with Gasteiger partial charge in [-0.25, -0.2) is 4.39 Å². The Balaban J connectivity index is 1.51. The lowest BCUT2D eigenvalue weighted by molar-refractivity contribution is -0.156. The second-order valence-corrected chi connectivity index (χ2v) is 7.52. The molecule has 0 saturated heterocycles. The van der Waals surface area contributed by atoms with Crippen LogP contribution in [0.15, 0.2) is 52.9 Å². The van der Waals surface area contributed by atoms with E-state index in [1.165, 1.54) is 12.1 Å². The minimum Gasteiger partial charge on any atom is -0.497 e. The highest BCUT2D eigenvalue weighted by atomic mass is 19.1. The lowest BCUT2D eigenvalue weighted by Gasteiger charge is -2.28. The molecule has 0 radical (unpaired) electrons. The zero-order chi connectivity index (χ0) is 21.1. The number of benzene rings is 2. The molecule has 0 amide bonds. The van der Waals surface area contributed by atoms with Gasteiger partial charge in [0.15, 0.2) is 6.10 Å². The molecule has 0 spiro atoms. The number of rotatable bonds is 6.